The number of hydrogen-bond acceptors (Lipinski definition) is 6. The van der Waals surface area contributed by atoms with Crippen LogP contribution in [0.2, 0.25) is 0 Å². The van der Waals surface area contributed by atoms with Gasteiger partial charge in [0.25, 0.3) is 0 Å². The molecule has 132 valence electrons. The van der Waals surface area contributed by atoms with E-state index in [2.05, 4.69) is 4.98 Å². The van der Waals surface area contributed by atoms with Gasteiger partial charge in [-0.2, -0.15) is 0 Å². The second-order valence-electron chi connectivity index (χ2n) is 5.54. The number of aryl methyl sites for hydroxylation is 1. The maximum atomic E-state index is 7.05. The summed E-state index contributed by atoms with van der Waals surface area (Å²) in [7, 11) is 0. The minimum absolute atomic E-state index is 0.332. The van der Waals surface area contributed by atoms with Crippen LogP contribution in [0.25, 0.3) is 5.70 Å². The molecule has 6 heteroatoms. The zero-order chi connectivity index (χ0) is 18.4. The molecule has 0 aliphatic rings. The highest BCUT2D eigenvalue weighted by molar-refractivity contribution is 5.81. The molecule has 0 amide bonds. The molecule has 0 bridgehead atoms. The van der Waals surface area contributed by atoms with Crippen LogP contribution >= 0.6 is 0 Å². The van der Waals surface area contributed by atoms with Crippen molar-refractivity contribution in [1.29, 1.82) is 5.41 Å². The summed E-state index contributed by atoms with van der Waals surface area (Å²) in [4.78, 5) is 4.03. The van der Waals surface area contributed by atoms with Crippen LogP contribution in [0.4, 0.5) is 0 Å². The van der Waals surface area contributed by atoms with Crippen molar-refractivity contribution in [3.63, 3.8) is 0 Å². The molecule has 0 aliphatic heterocycles. The summed E-state index contributed by atoms with van der Waals surface area (Å²) in [6.45, 7) is 2.21. The van der Waals surface area contributed by atoms with Crippen molar-refractivity contribution in [3.05, 3.63) is 78.0 Å². The van der Waals surface area contributed by atoms with E-state index in [0.717, 1.165) is 17.5 Å². The van der Waals surface area contributed by atoms with E-state index in [0.29, 0.717) is 35.3 Å². The molecule has 3 rings (SSSR count). The molecule has 0 saturated heterocycles. The quantitative estimate of drug-likeness (QED) is 0.620. The lowest BCUT2D eigenvalue weighted by atomic mass is 10.1. The molecule has 2 aromatic carbocycles. The molecule has 0 unspecified atom stereocenters. The highest BCUT2D eigenvalue weighted by Crippen LogP contribution is 2.25. The SMILES string of the molecule is Cc1ncoc1COc1ccc(Oc2ccc(/C(N)=C/C=N)cc2)cc1. The third kappa shape index (κ3) is 4.30. The number of rotatable bonds is 7. The zero-order valence-electron chi connectivity index (χ0n) is 14.3. The van der Waals surface area contributed by atoms with Gasteiger partial charge in [-0.1, -0.05) is 0 Å². The van der Waals surface area contributed by atoms with Gasteiger partial charge in [0.2, 0.25) is 0 Å². The van der Waals surface area contributed by atoms with Gasteiger partial charge in [0.15, 0.2) is 12.2 Å². The average Bonchev–Trinajstić information content (AvgIpc) is 3.07. The van der Waals surface area contributed by atoms with Gasteiger partial charge in [-0.3, -0.25) is 0 Å². The highest BCUT2D eigenvalue weighted by Gasteiger charge is 2.05. The van der Waals surface area contributed by atoms with E-state index >= 15 is 0 Å². The van der Waals surface area contributed by atoms with Crippen molar-refractivity contribution in [2.24, 2.45) is 5.73 Å². The Labute approximate surface area is 151 Å². The maximum Gasteiger partial charge on any atom is 0.181 e. The second-order valence-corrected chi connectivity index (χ2v) is 5.54. The lowest BCUT2D eigenvalue weighted by molar-refractivity contribution is 0.269. The van der Waals surface area contributed by atoms with E-state index in [-0.39, 0.29) is 0 Å². The van der Waals surface area contributed by atoms with Gasteiger partial charge in [0.1, 0.15) is 23.9 Å². The first-order valence-corrected chi connectivity index (χ1v) is 8.02. The molecule has 3 N–H and O–H groups in total. The molecule has 0 spiro atoms. The van der Waals surface area contributed by atoms with E-state index in [1.165, 1.54) is 12.5 Å². The molecule has 1 heterocycles. The fourth-order valence-corrected chi connectivity index (χ4v) is 2.26. The number of nitrogens with two attached hydrogens (primary N) is 1. The summed E-state index contributed by atoms with van der Waals surface area (Å²) in [6, 6.07) is 14.7. The summed E-state index contributed by atoms with van der Waals surface area (Å²) in [5, 5.41) is 7.05. The second kappa shape index (κ2) is 8.02. The third-order valence-corrected chi connectivity index (χ3v) is 3.72. The molecule has 0 atom stereocenters. The third-order valence-electron chi connectivity index (χ3n) is 3.72. The van der Waals surface area contributed by atoms with Crippen LogP contribution in [0, 0.1) is 12.3 Å². The number of aromatic nitrogens is 1. The monoisotopic (exact) mass is 349 g/mol. The van der Waals surface area contributed by atoms with Crippen molar-refractivity contribution >= 4 is 11.9 Å². The highest BCUT2D eigenvalue weighted by atomic mass is 16.5. The van der Waals surface area contributed by atoms with Crippen molar-refractivity contribution in [2.75, 3.05) is 0 Å². The number of hydrogen-bond donors (Lipinski definition) is 2. The molecule has 0 radical (unpaired) electrons. The van der Waals surface area contributed by atoms with E-state index in [1.807, 2.05) is 55.5 Å². The summed E-state index contributed by atoms with van der Waals surface area (Å²) in [6.07, 6.45) is 4.10. The Balaban J connectivity index is 1.59. The smallest absolute Gasteiger partial charge is 0.181 e. The number of nitrogens with one attached hydrogen (secondary N) is 1. The van der Waals surface area contributed by atoms with E-state index in [9.17, 15) is 0 Å². The van der Waals surface area contributed by atoms with Gasteiger partial charge in [0, 0.05) is 11.9 Å². The molecule has 0 aliphatic carbocycles. The molecule has 0 fully saturated rings. The predicted molar refractivity (Wildman–Crippen MR) is 99.5 cm³/mol. The normalized spacial score (nSPS) is 11.2. The van der Waals surface area contributed by atoms with Gasteiger partial charge in [-0.25, -0.2) is 4.98 Å². The van der Waals surface area contributed by atoms with Crippen LogP contribution in [0.5, 0.6) is 17.2 Å². The fourth-order valence-electron chi connectivity index (χ4n) is 2.26. The number of oxazole rings is 1. The van der Waals surface area contributed by atoms with Crippen molar-refractivity contribution < 1.29 is 13.9 Å². The van der Waals surface area contributed by atoms with Crippen molar-refractivity contribution in [2.45, 2.75) is 13.5 Å². The molecular formula is C20H19N3O3. The molecule has 6 nitrogen and oxygen atoms in total. The van der Waals surface area contributed by atoms with Crippen molar-refractivity contribution in [1.82, 2.24) is 4.98 Å². The van der Waals surface area contributed by atoms with Crippen LogP contribution in [-0.4, -0.2) is 11.2 Å². The Kier molecular flexibility index (Phi) is 5.34. The standard InChI is InChI=1S/C20H19N3O3/c1-14-20(25-13-23-14)12-24-16-6-8-18(9-7-16)26-17-4-2-15(3-5-17)19(22)10-11-21/h2-11,13,21H,12,22H2,1H3/b19-10-,21-11?. The van der Waals surface area contributed by atoms with Crippen LogP contribution in [-0.2, 0) is 6.61 Å². The fraction of sp³-hybridized carbons (Fsp3) is 0.100. The molecule has 26 heavy (non-hydrogen) atoms. The van der Waals surface area contributed by atoms with Crippen LogP contribution < -0.4 is 15.2 Å². The number of ether oxygens (including phenoxy) is 2. The molecule has 1 aromatic heterocycles. The van der Waals surface area contributed by atoms with Crippen LogP contribution in [0.15, 0.2) is 65.4 Å². The topological polar surface area (TPSA) is 94.4 Å². The Morgan fingerprint density at radius 1 is 1.08 bits per heavy atom. The molecule has 0 saturated carbocycles. The van der Waals surface area contributed by atoms with E-state index in [1.54, 1.807) is 0 Å². The Morgan fingerprint density at radius 2 is 1.69 bits per heavy atom. The van der Waals surface area contributed by atoms with Crippen molar-refractivity contribution in [3.8, 4) is 17.2 Å². The van der Waals surface area contributed by atoms with Gasteiger partial charge in [0.05, 0.1) is 5.69 Å². The number of nitrogens with zero attached hydrogens (tertiary/aromatic N) is 1. The van der Waals surface area contributed by atoms with Gasteiger partial charge in [-0.15, -0.1) is 0 Å². The summed E-state index contributed by atoms with van der Waals surface area (Å²) in [5.74, 6) is 2.82. The summed E-state index contributed by atoms with van der Waals surface area (Å²) >= 11 is 0. The molecular weight excluding hydrogens is 330 g/mol. The van der Waals surface area contributed by atoms with Gasteiger partial charge >= 0.3 is 0 Å². The first-order valence-electron chi connectivity index (χ1n) is 8.02. The largest absolute Gasteiger partial charge is 0.486 e. The lowest BCUT2D eigenvalue weighted by Crippen LogP contribution is -1.96. The van der Waals surface area contributed by atoms with Gasteiger partial charge < -0.3 is 25.0 Å². The van der Waals surface area contributed by atoms with Crippen LogP contribution in [0.1, 0.15) is 17.0 Å². The van der Waals surface area contributed by atoms with Crippen LogP contribution in [0.3, 0.4) is 0 Å². The maximum absolute atomic E-state index is 7.05. The average molecular weight is 349 g/mol. The lowest BCUT2D eigenvalue weighted by Gasteiger charge is -2.09. The van der Waals surface area contributed by atoms with Gasteiger partial charge in [-0.05, 0) is 67.1 Å². The Morgan fingerprint density at radius 3 is 2.27 bits per heavy atom. The minimum atomic E-state index is 0.332. The Bertz CT molecular complexity index is 897. The number of benzene rings is 2. The Hall–Kier alpha value is -3.54. The minimum Gasteiger partial charge on any atom is -0.486 e. The predicted octanol–water partition coefficient (Wildman–Crippen LogP) is 4.30. The number of allylic oxidation sites excluding steroid dienone is 1. The first kappa shape index (κ1) is 17.3. The molecule has 3 aromatic rings. The van der Waals surface area contributed by atoms with E-state index < -0.39 is 0 Å². The van der Waals surface area contributed by atoms with E-state index in [4.69, 9.17) is 25.0 Å². The zero-order valence-corrected chi connectivity index (χ0v) is 14.3. The first-order chi connectivity index (χ1) is 12.7. The summed E-state index contributed by atoms with van der Waals surface area (Å²) in [5.41, 5.74) is 8.04. The summed E-state index contributed by atoms with van der Waals surface area (Å²) < 4.78 is 16.7.